The first-order valence-electron chi connectivity index (χ1n) is 6.86. The number of aromatic nitrogens is 2. The Morgan fingerprint density at radius 3 is 1.43 bits per heavy atom. The molecule has 0 aliphatic rings. The van der Waals surface area contributed by atoms with Crippen LogP contribution in [0.25, 0.3) is 0 Å². The van der Waals surface area contributed by atoms with Gasteiger partial charge in [0.1, 0.15) is 13.1 Å². The van der Waals surface area contributed by atoms with Crippen LogP contribution in [-0.2, 0) is 26.2 Å². The van der Waals surface area contributed by atoms with Crippen molar-refractivity contribution < 1.29 is 9.13 Å². The second-order valence-corrected chi connectivity index (χ2v) is 4.82. The maximum atomic E-state index is 10.2. The molecule has 2 heterocycles. The third-order valence-electron chi connectivity index (χ3n) is 3.25. The smallest absolute Gasteiger partial charge is 0.169 e. The van der Waals surface area contributed by atoms with Crippen LogP contribution in [0.4, 0.5) is 0 Å². The molecular formula is C15H18N4O2+2. The summed E-state index contributed by atoms with van der Waals surface area (Å²) in [5, 5.41) is 5.74. The summed E-state index contributed by atoms with van der Waals surface area (Å²) in [6, 6.07) is 7.65. The van der Waals surface area contributed by atoms with Crippen LogP contribution >= 0.6 is 0 Å². The van der Waals surface area contributed by atoms with Gasteiger partial charge in [0, 0.05) is 24.3 Å². The molecule has 6 heteroatoms. The predicted octanol–water partition coefficient (Wildman–Crippen LogP) is 1.88. The number of hydrogen-bond acceptors (Lipinski definition) is 4. The van der Waals surface area contributed by atoms with Gasteiger partial charge in [-0.3, -0.25) is 0 Å². The van der Waals surface area contributed by atoms with Crippen LogP contribution in [0.5, 0.6) is 0 Å². The average molecular weight is 286 g/mol. The van der Waals surface area contributed by atoms with Crippen molar-refractivity contribution in [3.63, 3.8) is 0 Å². The second kappa shape index (κ2) is 7.94. The van der Waals surface area contributed by atoms with E-state index in [2.05, 4.69) is 19.5 Å². The average Bonchev–Trinajstić information content (AvgIpc) is 2.51. The molecule has 2 rings (SSSR count). The number of nitrogens with zero attached hydrogens (tertiary/aromatic N) is 4. The lowest BCUT2D eigenvalue weighted by Gasteiger charge is -1.98. The lowest BCUT2D eigenvalue weighted by atomic mass is 10.2. The summed E-state index contributed by atoms with van der Waals surface area (Å²) in [6.45, 7) is 2.25. The maximum absolute atomic E-state index is 10.2. The third kappa shape index (κ3) is 4.83. The van der Waals surface area contributed by atoms with Gasteiger partial charge in [0.15, 0.2) is 37.9 Å². The Kier molecular flexibility index (Phi) is 5.63. The molecule has 0 radical (unpaired) electrons. The molecule has 21 heavy (non-hydrogen) atoms. The first-order chi connectivity index (χ1) is 10.3. The lowest BCUT2D eigenvalue weighted by molar-refractivity contribution is -0.727. The SMILES string of the molecule is O=NCc1cc[n+](CCC[n+]2ccc(CN=O)cc2)cc1. The van der Waals surface area contributed by atoms with E-state index in [-0.39, 0.29) is 13.1 Å². The van der Waals surface area contributed by atoms with Crippen molar-refractivity contribution in [2.75, 3.05) is 0 Å². The number of hydrogen-bond donors (Lipinski definition) is 0. The van der Waals surface area contributed by atoms with Crippen LogP contribution in [0.2, 0.25) is 0 Å². The summed E-state index contributed by atoms with van der Waals surface area (Å²) in [5.41, 5.74) is 1.85. The molecule has 2 aromatic heterocycles. The van der Waals surface area contributed by atoms with E-state index in [0.717, 1.165) is 30.6 Å². The van der Waals surface area contributed by atoms with Gasteiger partial charge in [0.05, 0.1) is 6.42 Å². The van der Waals surface area contributed by atoms with Gasteiger partial charge in [-0.2, -0.15) is 9.81 Å². The van der Waals surface area contributed by atoms with Crippen LogP contribution in [-0.4, -0.2) is 0 Å². The maximum Gasteiger partial charge on any atom is 0.169 e. The van der Waals surface area contributed by atoms with Gasteiger partial charge in [0.2, 0.25) is 0 Å². The molecule has 0 unspecified atom stereocenters. The highest BCUT2D eigenvalue weighted by Crippen LogP contribution is 1.98. The van der Waals surface area contributed by atoms with Gasteiger partial charge in [-0.25, -0.2) is 9.13 Å². The minimum absolute atomic E-state index is 0.221. The third-order valence-corrected chi connectivity index (χ3v) is 3.25. The lowest BCUT2D eigenvalue weighted by Crippen LogP contribution is -2.38. The molecule has 0 saturated heterocycles. The molecular weight excluding hydrogens is 268 g/mol. The van der Waals surface area contributed by atoms with E-state index in [4.69, 9.17) is 0 Å². The summed E-state index contributed by atoms with van der Waals surface area (Å²) in [6.07, 6.45) is 8.84. The van der Waals surface area contributed by atoms with E-state index in [0.29, 0.717) is 0 Å². The predicted molar refractivity (Wildman–Crippen MR) is 76.9 cm³/mol. The Bertz CT molecular complexity index is 528. The van der Waals surface area contributed by atoms with Crippen molar-refractivity contribution in [3.05, 3.63) is 70.0 Å². The van der Waals surface area contributed by atoms with Gasteiger partial charge in [0.25, 0.3) is 0 Å². The van der Waals surface area contributed by atoms with Crippen LogP contribution in [0.15, 0.2) is 59.4 Å². The van der Waals surface area contributed by atoms with Gasteiger partial charge >= 0.3 is 0 Å². The fourth-order valence-electron chi connectivity index (χ4n) is 2.07. The van der Waals surface area contributed by atoms with Gasteiger partial charge in [-0.1, -0.05) is 10.4 Å². The highest BCUT2D eigenvalue weighted by Gasteiger charge is 2.05. The molecule has 108 valence electrons. The number of aryl methyl sites for hydroxylation is 2. The quantitative estimate of drug-likeness (QED) is 0.549. The van der Waals surface area contributed by atoms with E-state index in [1.807, 2.05) is 49.1 Å². The van der Waals surface area contributed by atoms with E-state index < -0.39 is 0 Å². The van der Waals surface area contributed by atoms with Crippen LogP contribution in [0, 0.1) is 9.81 Å². The highest BCUT2D eigenvalue weighted by molar-refractivity contribution is 5.07. The van der Waals surface area contributed by atoms with Crippen molar-refractivity contribution in [1.82, 2.24) is 0 Å². The van der Waals surface area contributed by atoms with Gasteiger partial charge < -0.3 is 0 Å². The largest absolute Gasteiger partial charge is 0.205 e. The molecule has 6 nitrogen and oxygen atoms in total. The normalized spacial score (nSPS) is 10.3. The Morgan fingerprint density at radius 1 is 0.714 bits per heavy atom. The van der Waals surface area contributed by atoms with E-state index in [1.165, 1.54) is 0 Å². The number of rotatable bonds is 8. The fourth-order valence-corrected chi connectivity index (χ4v) is 2.07. The van der Waals surface area contributed by atoms with Gasteiger partial charge in [-0.05, 0) is 11.1 Å². The van der Waals surface area contributed by atoms with E-state index in [9.17, 15) is 9.81 Å². The monoisotopic (exact) mass is 286 g/mol. The zero-order valence-corrected chi connectivity index (χ0v) is 11.8. The summed E-state index contributed by atoms with van der Waals surface area (Å²) in [4.78, 5) is 20.3. The Labute approximate surface area is 123 Å². The standard InChI is InChI=1S/C15H18N4O2/c20-16-12-14-2-8-18(9-3-14)6-1-7-19-10-4-15(5-11-19)13-17-21/h2-5,8-11H,1,6-7,12-13H2/q+2. The number of nitroso groups, excluding NO2 is 2. The molecule has 0 aromatic carbocycles. The first-order valence-corrected chi connectivity index (χ1v) is 6.86. The zero-order chi connectivity index (χ0) is 14.9. The molecule has 0 saturated carbocycles. The van der Waals surface area contributed by atoms with Gasteiger partial charge in [-0.15, -0.1) is 0 Å². The number of pyridine rings is 2. The molecule has 0 spiro atoms. The second-order valence-electron chi connectivity index (χ2n) is 4.82. The van der Waals surface area contributed by atoms with Crippen LogP contribution < -0.4 is 9.13 Å². The Morgan fingerprint density at radius 2 is 1.10 bits per heavy atom. The molecule has 2 aromatic rings. The van der Waals surface area contributed by atoms with E-state index >= 15 is 0 Å². The Hall–Kier alpha value is -2.50. The van der Waals surface area contributed by atoms with Crippen molar-refractivity contribution in [3.8, 4) is 0 Å². The van der Waals surface area contributed by atoms with Crippen molar-refractivity contribution in [2.24, 2.45) is 10.4 Å². The highest BCUT2D eigenvalue weighted by atomic mass is 16.3. The molecule has 0 bridgehead atoms. The minimum Gasteiger partial charge on any atom is -0.205 e. The Balaban J connectivity index is 1.80. The fraction of sp³-hybridized carbons (Fsp3) is 0.333. The van der Waals surface area contributed by atoms with Crippen molar-refractivity contribution in [2.45, 2.75) is 32.6 Å². The zero-order valence-electron chi connectivity index (χ0n) is 11.8. The summed E-state index contributed by atoms with van der Waals surface area (Å²) in [5.74, 6) is 0. The summed E-state index contributed by atoms with van der Waals surface area (Å²) >= 11 is 0. The summed E-state index contributed by atoms with van der Waals surface area (Å²) < 4.78 is 4.17. The summed E-state index contributed by atoms with van der Waals surface area (Å²) in [7, 11) is 0. The molecule has 0 aliphatic carbocycles. The van der Waals surface area contributed by atoms with E-state index in [1.54, 1.807) is 0 Å². The minimum atomic E-state index is 0.221. The van der Waals surface area contributed by atoms with Crippen LogP contribution in [0.3, 0.4) is 0 Å². The first kappa shape index (κ1) is 14.9. The van der Waals surface area contributed by atoms with Crippen molar-refractivity contribution in [1.29, 1.82) is 0 Å². The molecule has 0 N–H and O–H groups in total. The molecule has 0 amide bonds. The molecule has 0 atom stereocenters. The van der Waals surface area contributed by atoms with Crippen molar-refractivity contribution >= 4 is 0 Å². The van der Waals surface area contributed by atoms with Crippen LogP contribution in [0.1, 0.15) is 17.5 Å². The topological polar surface area (TPSA) is 66.6 Å². The molecule has 0 fully saturated rings. The molecule has 0 aliphatic heterocycles.